The molecule has 2 aliphatic heterocycles. The van der Waals surface area contributed by atoms with Crippen LogP contribution in [0.2, 0.25) is 0 Å². The van der Waals surface area contributed by atoms with Crippen molar-refractivity contribution in [3.05, 3.63) is 35.9 Å². The normalized spacial score (nSPS) is 23.5. The van der Waals surface area contributed by atoms with Gasteiger partial charge in [0.15, 0.2) is 0 Å². The Kier molecular flexibility index (Phi) is 13.5. The third-order valence-corrected chi connectivity index (χ3v) is 11.1. The molecule has 1 aromatic carbocycles. The van der Waals surface area contributed by atoms with Gasteiger partial charge in [-0.15, -0.1) is 0 Å². The van der Waals surface area contributed by atoms with Crippen molar-refractivity contribution in [3.63, 3.8) is 0 Å². The molecule has 6 atom stereocenters. The number of likely N-dealkylation sites (tertiary alicyclic amines) is 1. The summed E-state index contributed by atoms with van der Waals surface area (Å²) in [4.78, 5) is 97.8. The van der Waals surface area contributed by atoms with E-state index in [2.05, 4.69) is 21.3 Å². The lowest BCUT2D eigenvalue weighted by molar-refractivity contribution is -0.145. The number of alkyl carbamates (subject to hydrolysis) is 1. The molecule has 6 amide bonds. The molecular formula is C41H60N6O9. The van der Waals surface area contributed by atoms with Crippen molar-refractivity contribution in [2.75, 3.05) is 27.2 Å². The first-order chi connectivity index (χ1) is 26.3. The average molecular weight is 781 g/mol. The third kappa shape index (κ3) is 11.1. The van der Waals surface area contributed by atoms with Crippen LogP contribution in [0.25, 0.3) is 0 Å². The second-order valence-electron chi connectivity index (χ2n) is 17.7. The molecule has 2 heterocycles. The van der Waals surface area contributed by atoms with Gasteiger partial charge in [-0.2, -0.15) is 0 Å². The number of likely N-dealkylation sites (N-methyl/N-ethyl adjacent to an activating group) is 1. The highest BCUT2D eigenvalue weighted by Crippen LogP contribution is 2.44. The van der Waals surface area contributed by atoms with Crippen molar-refractivity contribution in [2.45, 2.75) is 134 Å². The quantitative estimate of drug-likeness (QED) is 0.206. The van der Waals surface area contributed by atoms with Crippen molar-refractivity contribution >= 4 is 41.4 Å². The summed E-state index contributed by atoms with van der Waals surface area (Å²) in [7, 11) is 3.13. The van der Waals surface area contributed by atoms with Crippen LogP contribution in [0.15, 0.2) is 30.3 Å². The van der Waals surface area contributed by atoms with Gasteiger partial charge in [-0.25, -0.2) is 4.79 Å². The number of fused-ring (bicyclic) bond motifs is 1. The Hall–Kier alpha value is -4.53. The first-order valence-corrected chi connectivity index (χ1v) is 20.0. The van der Waals surface area contributed by atoms with Crippen molar-refractivity contribution in [2.24, 2.45) is 17.8 Å². The molecule has 2 saturated carbocycles. The van der Waals surface area contributed by atoms with Crippen molar-refractivity contribution < 1.29 is 43.0 Å². The van der Waals surface area contributed by atoms with E-state index in [4.69, 9.17) is 9.47 Å². The summed E-state index contributed by atoms with van der Waals surface area (Å²) < 4.78 is 11.9. The van der Waals surface area contributed by atoms with Gasteiger partial charge in [-0.3, -0.25) is 28.8 Å². The smallest absolute Gasteiger partial charge is 0.408 e. The monoisotopic (exact) mass is 780 g/mol. The molecule has 2 aliphatic carbocycles. The van der Waals surface area contributed by atoms with E-state index in [1.54, 1.807) is 65.2 Å². The number of amides is 6. The number of Topliss-reactive ketones (excluding diaryl/α,β-unsaturated/α-hetero) is 1. The molecule has 15 heteroatoms. The highest BCUT2D eigenvalue weighted by molar-refractivity contribution is 6.38. The molecule has 308 valence electrons. The van der Waals surface area contributed by atoms with Gasteiger partial charge >= 0.3 is 6.09 Å². The lowest BCUT2D eigenvalue weighted by Gasteiger charge is -2.36. The standard InChI is InChI=1S/C41H60N6O9/c1-40(2,3)56-39(54)45-32(26-16-12-9-13-17-26)38(53)47-23-29-27(21-41(4,5)55-29)33(47)35(50)43-28(20-24-18-19-24)34(49)36(51)42-22-30(48)44-31(37(52)46(6)7)25-14-10-8-11-15-25/h8,10-11,14-15,24,26-29,31-33H,9,12-13,16-23H2,1-7H3,(H,42,51)(H,43,50)(H,44,48)(H,45,54)/t27-,28-,29-,31-,32-,33-/m0/s1. The fourth-order valence-electron chi connectivity index (χ4n) is 8.28. The fraction of sp³-hybridized carbons (Fsp3) is 0.683. The zero-order chi connectivity index (χ0) is 40.9. The van der Waals surface area contributed by atoms with Crippen LogP contribution in [0.3, 0.4) is 0 Å². The Morgan fingerprint density at radius 3 is 2.20 bits per heavy atom. The molecule has 4 fully saturated rings. The number of nitrogens with zero attached hydrogens (tertiary/aromatic N) is 2. The average Bonchev–Trinajstić information content (AvgIpc) is 3.82. The SMILES string of the molecule is CN(C)C(=O)[C@@H](NC(=O)CNC(=O)C(=O)[C@H](CC1CC1)NC(=O)[C@@H]1[C@H]2CC(C)(C)O[C@H]2CN1C(=O)[C@@H](NC(=O)OC(C)(C)C)C1CCCCC1)c1ccccc1. The van der Waals surface area contributed by atoms with Crippen molar-refractivity contribution in [3.8, 4) is 0 Å². The molecule has 0 unspecified atom stereocenters. The van der Waals surface area contributed by atoms with E-state index in [1.807, 2.05) is 13.8 Å². The molecule has 0 aromatic heterocycles. The lowest BCUT2D eigenvalue weighted by Crippen LogP contribution is -2.59. The minimum atomic E-state index is -1.20. The summed E-state index contributed by atoms with van der Waals surface area (Å²) in [5.74, 6) is -4.42. The molecule has 0 bridgehead atoms. The van der Waals surface area contributed by atoms with Gasteiger partial charge < -0.3 is 40.5 Å². The number of ketones is 1. The molecule has 5 rings (SSSR count). The van der Waals surface area contributed by atoms with E-state index in [-0.39, 0.29) is 36.6 Å². The van der Waals surface area contributed by atoms with Crippen LogP contribution >= 0.6 is 0 Å². The van der Waals surface area contributed by atoms with Gasteiger partial charge in [0.25, 0.3) is 5.91 Å². The van der Waals surface area contributed by atoms with Crippen LogP contribution in [-0.4, -0.2) is 114 Å². The maximum absolute atomic E-state index is 14.6. The Morgan fingerprint density at radius 2 is 1.59 bits per heavy atom. The number of hydrogen-bond acceptors (Lipinski definition) is 9. The van der Waals surface area contributed by atoms with E-state index in [1.165, 1.54) is 9.80 Å². The van der Waals surface area contributed by atoms with E-state index < -0.39 is 83.5 Å². The zero-order valence-corrected chi connectivity index (χ0v) is 33.9. The zero-order valence-electron chi connectivity index (χ0n) is 33.9. The van der Waals surface area contributed by atoms with Gasteiger partial charge in [-0.1, -0.05) is 62.4 Å². The number of hydrogen-bond donors (Lipinski definition) is 4. The van der Waals surface area contributed by atoms with Crippen LogP contribution in [0.1, 0.15) is 104 Å². The summed E-state index contributed by atoms with van der Waals surface area (Å²) in [5.41, 5.74) is -0.787. The fourth-order valence-corrected chi connectivity index (χ4v) is 8.28. The predicted octanol–water partition coefficient (Wildman–Crippen LogP) is 2.77. The van der Waals surface area contributed by atoms with E-state index in [0.29, 0.717) is 12.0 Å². The highest BCUT2D eigenvalue weighted by Gasteiger charge is 2.56. The van der Waals surface area contributed by atoms with Crippen LogP contribution in [0.4, 0.5) is 4.79 Å². The predicted molar refractivity (Wildman–Crippen MR) is 206 cm³/mol. The summed E-state index contributed by atoms with van der Waals surface area (Å²) in [6, 6.07) is 4.51. The summed E-state index contributed by atoms with van der Waals surface area (Å²) in [5, 5.41) is 10.7. The Morgan fingerprint density at radius 1 is 0.929 bits per heavy atom. The largest absolute Gasteiger partial charge is 0.444 e. The van der Waals surface area contributed by atoms with Crippen LogP contribution in [0.5, 0.6) is 0 Å². The van der Waals surface area contributed by atoms with Crippen LogP contribution in [-0.2, 0) is 38.2 Å². The molecule has 56 heavy (non-hydrogen) atoms. The molecule has 15 nitrogen and oxygen atoms in total. The highest BCUT2D eigenvalue weighted by atomic mass is 16.6. The van der Waals surface area contributed by atoms with Gasteiger partial charge in [0.05, 0.1) is 24.3 Å². The first-order valence-electron chi connectivity index (χ1n) is 20.0. The Bertz CT molecular complexity index is 1630. The molecule has 1 aromatic rings. The molecule has 4 aliphatic rings. The number of benzene rings is 1. The topological polar surface area (TPSA) is 193 Å². The Labute approximate surface area is 329 Å². The number of rotatable bonds is 14. The van der Waals surface area contributed by atoms with Crippen LogP contribution in [0, 0.1) is 17.8 Å². The van der Waals surface area contributed by atoms with Gasteiger partial charge in [0.1, 0.15) is 23.7 Å². The number of ether oxygens (including phenoxy) is 2. The molecule has 4 N–H and O–H groups in total. The van der Waals surface area contributed by atoms with Crippen molar-refractivity contribution in [1.82, 2.24) is 31.1 Å². The van der Waals surface area contributed by atoms with Crippen molar-refractivity contribution in [1.29, 1.82) is 0 Å². The minimum Gasteiger partial charge on any atom is -0.444 e. The maximum Gasteiger partial charge on any atom is 0.408 e. The van der Waals surface area contributed by atoms with E-state index in [0.717, 1.165) is 44.9 Å². The van der Waals surface area contributed by atoms with Gasteiger partial charge in [0, 0.05) is 26.6 Å². The second-order valence-corrected chi connectivity index (χ2v) is 17.7. The number of nitrogens with one attached hydrogen (secondary N) is 4. The molecular weight excluding hydrogens is 720 g/mol. The third-order valence-electron chi connectivity index (χ3n) is 11.1. The minimum absolute atomic E-state index is 0.126. The second kappa shape index (κ2) is 17.7. The van der Waals surface area contributed by atoms with Gasteiger partial charge in [-0.05, 0) is 77.7 Å². The Balaban J connectivity index is 1.31. The number of carbonyl (C=O) groups excluding carboxylic acids is 7. The summed E-state index contributed by atoms with van der Waals surface area (Å²) >= 11 is 0. The van der Waals surface area contributed by atoms with E-state index >= 15 is 0 Å². The summed E-state index contributed by atoms with van der Waals surface area (Å²) in [6.45, 7) is 8.65. The molecule has 0 spiro atoms. The van der Waals surface area contributed by atoms with E-state index in [9.17, 15) is 33.6 Å². The lowest BCUT2D eigenvalue weighted by atomic mass is 9.83. The number of carbonyl (C=O) groups is 7. The maximum atomic E-state index is 14.6. The molecule has 0 radical (unpaired) electrons. The summed E-state index contributed by atoms with van der Waals surface area (Å²) in [6.07, 6.45) is 5.53. The van der Waals surface area contributed by atoms with Gasteiger partial charge in [0.2, 0.25) is 29.4 Å². The van der Waals surface area contributed by atoms with Crippen LogP contribution < -0.4 is 21.3 Å². The first kappa shape index (κ1) is 42.6. The molecule has 2 saturated heterocycles.